The van der Waals surface area contributed by atoms with Gasteiger partial charge in [0.2, 0.25) is 0 Å². The first-order valence-electron chi connectivity index (χ1n) is 6.73. The van der Waals surface area contributed by atoms with E-state index < -0.39 is 12.4 Å². The van der Waals surface area contributed by atoms with Crippen LogP contribution in [0, 0.1) is 0 Å². The fraction of sp³-hybridized carbons (Fsp3) is 0.533. The van der Waals surface area contributed by atoms with Crippen LogP contribution >= 0.6 is 0 Å². The number of halogens is 2. The maximum atomic E-state index is 12.5. The number of rotatable bonds is 8. The Kier molecular flexibility index (Phi) is 6.58. The van der Waals surface area contributed by atoms with Crippen LogP contribution in [0.1, 0.15) is 44.2 Å². The van der Waals surface area contributed by atoms with Gasteiger partial charge in [-0.25, -0.2) is 8.78 Å². The highest BCUT2D eigenvalue weighted by atomic mass is 19.3. The number of aliphatic carboxylic acids is 1. The normalized spacial score (nSPS) is 11.6. The molecule has 0 saturated carbocycles. The van der Waals surface area contributed by atoms with Gasteiger partial charge in [0.25, 0.3) is 6.43 Å². The quantitative estimate of drug-likeness (QED) is 0.791. The predicted molar refractivity (Wildman–Crippen MR) is 73.8 cm³/mol. The average molecular weight is 285 g/mol. The van der Waals surface area contributed by atoms with Gasteiger partial charge < -0.3 is 5.11 Å². The molecule has 0 saturated heterocycles. The third kappa shape index (κ3) is 5.65. The van der Waals surface area contributed by atoms with Crippen LogP contribution in [0.4, 0.5) is 8.78 Å². The monoisotopic (exact) mass is 285 g/mol. The van der Waals surface area contributed by atoms with E-state index in [0.29, 0.717) is 19.5 Å². The van der Waals surface area contributed by atoms with E-state index in [9.17, 15) is 13.6 Å². The third-order valence-electron chi connectivity index (χ3n) is 3.18. The van der Waals surface area contributed by atoms with E-state index in [1.54, 1.807) is 12.1 Å². The van der Waals surface area contributed by atoms with E-state index in [2.05, 4.69) is 4.90 Å². The minimum Gasteiger partial charge on any atom is -0.481 e. The maximum Gasteiger partial charge on any atom is 0.303 e. The zero-order chi connectivity index (χ0) is 15.1. The molecule has 0 aliphatic carbocycles. The Bertz CT molecular complexity index is 418. The highest BCUT2D eigenvalue weighted by Crippen LogP contribution is 2.19. The van der Waals surface area contributed by atoms with Gasteiger partial charge in [-0.15, -0.1) is 0 Å². The number of hydrogen-bond donors (Lipinski definition) is 1. The lowest BCUT2D eigenvalue weighted by Gasteiger charge is -2.26. The second kappa shape index (κ2) is 7.94. The van der Waals surface area contributed by atoms with E-state index in [1.165, 1.54) is 12.1 Å². The van der Waals surface area contributed by atoms with Crippen molar-refractivity contribution in [3.8, 4) is 0 Å². The molecule has 0 aromatic heterocycles. The largest absolute Gasteiger partial charge is 0.481 e. The van der Waals surface area contributed by atoms with E-state index in [4.69, 9.17) is 5.11 Å². The maximum absolute atomic E-state index is 12.5. The van der Waals surface area contributed by atoms with Crippen molar-refractivity contribution in [2.45, 2.75) is 45.7 Å². The van der Waals surface area contributed by atoms with Gasteiger partial charge in [-0.1, -0.05) is 24.3 Å². The molecule has 0 amide bonds. The molecule has 0 aliphatic heterocycles. The van der Waals surface area contributed by atoms with Gasteiger partial charge in [-0.2, -0.15) is 0 Å². The minimum atomic E-state index is -2.44. The van der Waals surface area contributed by atoms with Crippen LogP contribution in [0.5, 0.6) is 0 Å². The van der Waals surface area contributed by atoms with Crippen molar-refractivity contribution in [2.75, 3.05) is 6.54 Å². The van der Waals surface area contributed by atoms with Crippen molar-refractivity contribution >= 4 is 5.97 Å². The van der Waals surface area contributed by atoms with Crippen LogP contribution in [0.15, 0.2) is 24.3 Å². The average Bonchev–Trinajstić information content (AvgIpc) is 2.37. The summed E-state index contributed by atoms with van der Waals surface area (Å²) in [5.41, 5.74) is 0.981. The van der Waals surface area contributed by atoms with Crippen molar-refractivity contribution in [2.24, 2.45) is 0 Å². The zero-order valence-electron chi connectivity index (χ0n) is 11.9. The summed E-state index contributed by atoms with van der Waals surface area (Å²) in [4.78, 5) is 12.7. The van der Waals surface area contributed by atoms with Gasteiger partial charge in [-0.05, 0) is 32.4 Å². The van der Waals surface area contributed by atoms with Crippen molar-refractivity contribution in [3.63, 3.8) is 0 Å². The van der Waals surface area contributed by atoms with Crippen molar-refractivity contribution in [1.82, 2.24) is 4.90 Å². The molecule has 3 nitrogen and oxygen atoms in total. The molecular weight excluding hydrogens is 264 g/mol. The Balaban J connectivity index is 2.58. The van der Waals surface area contributed by atoms with Crippen LogP contribution < -0.4 is 0 Å². The summed E-state index contributed by atoms with van der Waals surface area (Å²) in [6.45, 7) is 5.39. The summed E-state index contributed by atoms with van der Waals surface area (Å²) in [5, 5.41) is 8.65. The molecule has 0 spiro atoms. The number of carbonyl (C=O) groups is 1. The van der Waals surface area contributed by atoms with Crippen LogP contribution in [-0.4, -0.2) is 28.6 Å². The zero-order valence-corrected chi connectivity index (χ0v) is 11.9. The van der Waals surface area contributed by atoms with E-state index in [-0.39, 0.29) is 18.0 Å². The fourth-order valence-electron chi connectivity index (χ4n) is 1.96. The number of carboxylic acids is 1. The third-order valence-corrected chi connectivity index (χ3v) is 3.18. The Morgan fingerprint density at radius 2 is 1.85 bits per heavy atom. The van der Waals surface area contributed by atoms with Gasteiger partial charge in [0.1, 0.15) is 0 Å². The summed E-state index contributed by atoms with van der Waals surface area (Å²) < 4.78 is 24.9. The first-order chi connectivity index (χ1) is 9.40. The topological polar surface area (TPSA) is 40.5 Å². The first-order valence-corrected chi connectivity index (χ1v) is 6.73. The molecular formula is C15H21F2NO2. The number of hydrogen-bond acceptors (Lipinski definition) is 2. The molecule has 0 bridgehead atoms. The SMILES string of the molecule is CC(C)N(CCCC(=O)O)Cc1ccc(C(F)F)cc1. The van der Waals surface area contributed by atoms with Crippen LogP contribution in [0.25, 0.3) is 0 Å². The Labute approximate surface area is 118 Å². The Morgan fingerprint density at radius 1 is 1.25 bits per heavy atom. The molecule has 0 aliphatic rings. The molecule has 5 heteroatoms. The Hall–Kier alpha value is -1.49. The molecule has 1 rings (SSSR count). The molecule has 0 atom stereocenters. The highest BCUT2D eigenvalue weighted by molar-refractivity contribution is 5.66. The highest BCUT2D eigenvalue weighted by Gasteiger charge is 2.12. The van der Waals surface area contributed by atoms with Crippen molar-refractivity contribution < 1.29 is 18.7 Å². The van der Waals surface area contributed by atoms with Crippen LogP contribution in [-0.2, 0) is 11.3 Å². The molecule has 20 heavy (non-hydrogen) atoms. The molecule has 1 aromatic rings. The standard InChI is InChI=1S/C15H21F2NO2/c1-11(2)18(9-3-4-14(19)20)10-12-5-7-13(8-6-12)15(16)17/h5-8,11,15H,3-4,9-10H2,1-2H3,(H,19,20). The number of alkyl halides is 2. The summed E-state index contributed by atoms with van der Waals surface area (Å²) >= 11 is 0. The second-order valence-corrected chi connectivity index (χ2v) is 5.10. The van der Waals surface area contributed by atoms with Crippen LogP contribution in [0.3, 0.4) is 0 Å². The van der Waals surface area contributed by atoms with E-state index in [0.717, 1.165) is 5.56 Å². The van der Waals surface area contributed by atoms with Crippen molar-refractivity contribution in [3.05, 3.63) is 35.4 Å². The molecule has 1 aromatic carbocycles. The fourth-order valence-corrected chi connectivity index (χ4v) is 1.96. The van der Waals surface area contributed by atoms with Gasteiger partial charge in [0, 0.05) is 24.6 Å². The van der Waals surface area contributed by atoms with Gasteiger partial charge >= 0.3 is 5.97 Å². The minimum absolute atomic E-state index is 0.0238. The lowest BCUT2D eigenvalue weighted by atomic mass is 10.1. The smallest absolute Gasteiger partial charge is 0.303 e. The van der Waals surface area contributed by atoms with Gasteiger partial charge in [0.15, 0.2) is 0 Å². The van der Waals surface area contributed by atoms with Gasteiger partial charge in [-0.3, -0.25) is 9.69 Å². The van der Waals surface area contributed by atoms with E-state index >= 15 is 0 Å². The molecule has 0 heterocycles. The lowest BCUT2D eigenvalue weighted by Crippen LogP contribution is -2.31. The van der Waals surface area contributed by atoms with E-state index in [1.807, 2.05) is 13.8 Å². The molecule has 1 N–H and O–H groups in total. The molecule has 112 valence electrons. The van der Waals surface area contributed by atoms with Gasteiger partial charge in [0.05, 0.1) is 0 Å². The summed E-state index contributed by atoms with van der Waals surface area (Å²) in [5.74, 6) is -0.796. The number of benzene rings is 1. The summed E-state index contributed by atoms with van der Waals surface area (Å²) in [7, 11) is 0. The molecule has 0 radical (unpaired) electrons. The molecule has 0 fully saturated rings. The summed E-state index contributed by atoms with van der Waals surface area (Å²) in [6, 6.07) is 6.56. The lowest BCUT2D eigenvalue weighted by molar-refractivity contribution is -0.137. The van der Waals surface area contributed by atoms with Crippen molar-refractivity contribution in [1.29, 1.82) is 0 Å². The number of carboxylic acid groups (broad SMARTS) is 1. The first kappa shape index (κ1) is 16.6. The second-order valence-electron chi connectivity index (χ2n) is 5.10. The predicted octanol–water partition coefficient (Wildman–Crippen LogP) is 3.70. The molecule has 0 unspecified atom stereocenters. The number of nitrogens with zero attached hydrogens (tertiary/aromatic N) is 1. The van der Waals surface area contributed by atoms with Crippen LogP contribution in [0.2, 0.25) is 0 Å². The Morgan fingerprint density at radius 3 is 2.30 bits per heavy atom. The summed E-state index contributed by atoms with van der Waals surface area (Å²) in [6.07, 6.45) is -1.71.